The quantitative estimate of drug-likeness (QED) is 0.724. The van der Waals surface area contributed by atoms with Gasteiger partial charge in [-0.2, -0.15) is 0 Å². The summed E-state index contributed by atoms with van der Waals surface area (Å²) in [5.41, 5.74) is 3.58. The molecule has 16 heavy (non-hydrogen) atoms. The summed E-state index contributed by atoms with van der Waals surface area (Å²) in [5, 5.41) is 8.92. The predicted molar refractivity (Wildman–Crippen MR) is 52.8 cm³/mol. The number of pyridine rings is 1. The number of hydrogen-bond acceptors (Lipinski definition) is 3. The summed E-state index contributed by atoms with van der Waals surface area (Å²) >= 11 is 0. The molecular formula is C10H11FN2O3. The molecule has 0 bridgehead atoms. The molecule has 0 aromatic carbocycles. The Morgan fingerprint density at radius 1 is 1.56 bits per heavy atom. The van der Waals surface area contributed by atoms with Crippen LogP contribution in [-0.2, 0) is 16.0 Å². The third-order valence-corrected chi connectivity index (χ3v) is 2.34. The van der Waals surface area contributed by atoms with Gasteiger partial charge in [-0.3, -0.25) is 14.6 Å². The van der Waals surface area contributed by atoms with Crippen molar-refractivity contribution in [2.45, 2.75) is 13.3 Å². The van der Waals surface area contributed by atoms with Gasteiger partial charge in [0.15, 0.2) is 0 Å². The number of carboxylic acid groups (broad SMARTS) is 1. The molecule has 1 aromatic heterocycles. The zero-order chi connectivity index (χ0) is 12.3. The Morgan fingerprint density at radius 3 is 2.62 bits per heavy atom. The van der Waals surface area contributed by atoms with Crippen LogP contribution in [-0.4, -0.2) is 22.0 Å². The number of rotatable bonds is 4. The van der Waals surface area contributed by atoms with Crippen molar-refractivity contribution >= 4 is 11.9 Å². The molecule has 86 valence electrons. The average molecular weight is 226 g/mol. The first-order valence-electron chi connectivity index (χ1n) is 4.49. The molecular weight excluding hydrogens is 215 g/mol. The Kier molecular flexibility index (Phi) is 3.22. The van der Waals surface area contributed by atoms with Crippen molar-refractivity contribution in [3.63, 3.8) is 0 Å². The van der Waals surface area contributed by atoms with Crippen LogP contribution in [0.3, 0.4) is 0 Å². The lowest BCUT2D eigenvalue weighted by Gasteiger charge is -2.20. The minimum atomic E-state index is -1.75. The second kappa shape index (κ2) is 4.26. The normalized spacial score (nSPS) is 14.1. The number of halogens is 1. The van der Waals surface area contributed by atoms with Gasteiger partial charge in [0.05, 0.1) is 6.20 Å². The molecule has 1 atom stereocenters. The largest absolute Gasteiger partial charge is 0.480 e. The van der Waals surface area contributed by atoms with Gasteiger partial charge in [-0.25, -0.2) is 4.39 Å². The van der Waals surface area contributed by atoms with Crippen LogP contribution in [0.2, 0.25) is 0 Å². The van der Waals surface area contributed by atoms with Gasteiger partial charge in [-0.1, -0.05) is 0 Å². The van der Waals surface area contributed by atoms with Gasteiger partial charge in [0.25, 0.3) is 0 Å². The molecule has 1 aromatic rings. The van der Waals surface area contributed by atoms with Gasteiger partial charge in [0.2, 0.25) is 5.91 Å². The van der Waals surface area contributed by atoms with E-state index in [9.17, 15) is 14.0 Å². The van der Waals surface area contributed by atoms with Crippen molar-refractivity contribution in [1.29, 1.82) is 0 Å². The number of hydrogen-bond donors (Lipinski definition) is 2. The van der Waals surface area contributed by atoms with E-state index in [4.69, 9.17) is 10.8 Å². The first-order valence-corrected chi connectivity index (χ1v) is 4.49. The maximum Gasteiger partial charge on any atom is 0.319 e. The van der Waals surface area contributed by atoms with Crippen molar-refractivity contribution < 1.29 is 19.1 Å². The van der Waals surface area contributed by atoms with E-state index in [-0.39, 0.29) is 6.42 Å². The molecule has 3 N–H and O–H groups in total. The van der Waals surface area contributed by atoms with E-state index in [0.717, 1.165) is 12.3 Å². The van der Waals surface area contributed by atoms with Gasteiger partial charge in [0.1, 0.15) is 11.2 Å². The lowest BCUT2D eigenvalue weighted by molar-refractivity contribution is -0.153. The van der Waals surface area contributed by atoms with E-state index in [0.29, 0.717) is 5.56 Å². The third kappa shape index (κ3) is 2.33. The summed E-state index contributed by atoms with van der Waals surface area (Å²) in [6.45, 7) is 1.20. The fourth-order valence-electron chi connectivity index (χ4n) is 1.23. The highest BCUT2D eigenvalue weighted by atomic mass is 19.1. The highest BCUT2D eigenvalue weighted by Gasteiger charge is 2.39. The van der Waals surface area contributed by atoms with Crippen LogP contribution in [0.4, 0.5) is 4.39 Å². The molecule has 0 saturated carbocycles. The molecule has 0 spiro atoms. The Bertz CT molecular complexity index is 420. The standard InChI is InChI=1S/C10H11FN2O3/c1-10(8(12)14,9(15)16)3-6-2-7(11)5-13-4-6/h2,4-5H,3H2,1H3,(H2,12,14)(H,15,16). The number of nitrogens with two attached hydrogens (primary N) is 1. The Balaban J connectivity index is 3.02. The third-order valence-electron chi connectivity index (χ3n) is 2.34. The van der Waals surface area contributed by atoms with Crippen LogP contribution in [0.25, 0.3) is 0 Å². The number of carbonyl (C=O) groups is 2. The molecule has 1 amide bonds. The Hall–Kier alpha value is -1.98. The minimum absolute atomic E-state index is 0.192. The highest BCUT2D eigenvalue weighted by Crippen LogP contribution is 2.22. The fourth-order valence-corrected chi connectivity index (χ4v) is 1.23. The zero-order valence-corrected chi connectivity index (χ0v) is 8.61. The van der Waals surface area contributed by atoms with Crippen LogP contribution in [0.1, 0.15) is 12.5 Å². The lowest BCUT2D eigenvalue weighted by Crippen LogP contribution is -2.43. The number of primary amides is 1. The van der Waals surface area contributed by atoms with E-state index in [2.05, 4.69) is 4.98 Å². The Morgan fingerprint density at radius 2 is 2.19 bits per heavy atom. The summed E-state index contributed by atoms with van der Waals surface area (Å²) in [5.74, 6) is -2.90. The second-order valence-corrected chi connectivity index (χ2v) is 3.69. The molecule has 1 unspecified atom stereocenters. The topological polar surface area (TPSA) is 93.3 Å². The van der Waals surface area contributed by atoms with Gasteiger partial charge < -0.3 is 10.8 Å². The first kappa shape index (κ1) is 12.1. The summed E-state index contributed by atoms with van der Waals surface area (Å²) in [6, 6.07) is 1.12. The maximum atomic E-state index is 12.8. The molecule has 0 radical (unpaired) electrons. The molecule has 0 aliphatic heterocycles. The average Bonchev–Trinajstić information content (AvgIpc) is 2.16. The van der Waals surface area contributed by atoms with Crippen molar-refractivity contribution in [1.82, 2.24) is 4.98 Å². The zero-order valence-electron chi connectivity index (χ0n) is 8.61. The molecule has 0 saturated heterocycles. The van der Waals surface area contributed by atoms with E-state index in [1.165, 1.54) is 13.1 Å². The lowest BCUT2D eigenvalue weighted by atomic mass is 9.83. The first-order chi connectivity index (χ1) is 7.36. The van der Waals surface area contributed by atoms with E-state index in [1.807, 2.05) is 0 Å². The fraction of sp³-hybridized carbons (Fsp3) is 0.300. The van der Waals surface area contributed by atoms with Gasteiger partial charge in [-0.05, 0) is 25.0 Å². The highest BCUT2D eigenvalue weighted by molar-refractivity contribution is 6.00. The summed E-state index contributed by atoms with van der Waals surface area (Å²) in [6.07, 6.45) is 2.10. The van der Waals surface area contributed by atoms with Crippen LogP contribution in [0.15, 0.2) is 18.5 Å². The van der Waals surface area contributed by atoms with Crippen molar-refractivity contribution in [3.05, 3.63) is 29.8 Å². The summed E-state index contributed by atoms with van der Waals surface area (Å²) < 4.78 is 12.8. The van der Waals surface area contributed by atoms with E-state index < -0.39 is 23.1 Å². The smallest absolute Gasteiger partial charge is 0.319 e. The number of aromatic nitrogens is 1. The number of amides is 1. The summed E-state index contributed by atoms with van der Waals surface area (Å²) in [4.78, 5) is 25.6. The monoisotopic (exact) mass is 226 g/mol. The predicted octanol–water partition coefficient (Wildman–Crippen LogP) is 0.339. The molecule has 0 aliphatic rings. The number of aliphatic carboxylic acids is 1. The van der Waals surface area contributed by atoms with E-state index >= 15 is 0 Å². The molecule has 0 fully saturated rings. The van der Waals surface area contributed by atoms with Crippen LogP contribution >= 0.6 is 0 Å². The summed E-state index contributed by atoms with van der Waals surface area (Å²) in [7, 11) is 0. The molecule has 1 heterocycles. The molecule has 0 aliphatic carbocycles. The number of nitrogens with zero attached hydrogens (tertiary/aromatic N) is 1. The number of carboxylic acids is 1. The minimum Gasteiger partial charge on any atom is -0.480 e. The van der Waals surface area contributed by atoms with Crippen molar-refractivity contribution in [2.75, 3.05) is 0 Å². The van der Waals surface area contributed by atoms with Crippen LogP contribution in [0.5, 0.6) is 0 Å². The van der Waals surface area contributed by atoms with Gasteiger partial charge in [-0.15, -0.1) is 0 Å². The SMILES string of the molecule is CC(Cc1cncc(F)c1)(C(N)=O)C(=O)O. The van der Waals surface area contributed by atoms with Crippen molar-refractivity contribution in [3.8, 4) is 0 Å². The molecule has 5 nitrogen and oxygen atoms in total. The van der Waals surface area contributed by atoms with Crippen molar-refractivity contribution in [2.24, 2.45) is 11.1 Å². The second-order valence-electron chi connectivity index (χ2n) is 3.69. The number of carbonyl (C=O) groups excluding carboxylic acids is 1. The molecule has 6 heteroatoms. The van der Waals surface area contributed by atoms with Crippen LogP contribution < -0.4 is 5.73 Å². The maximum absolute atomic E-state index is 12.8. The Labute approximate surface area is 91.1 Å². The van der Waals surface area contributed by atoms with Gasteiger partial charge in [0, 0.05) is 6.20 Å². The van der Waals surface area contributed by atoms with Crippen LogP contribution in [0, 0.1) is 11.2 Å². The van der Waals surface area contributed by atoms with Gasteiger partial charge >= 0.3 is 5.97 Å². The molecule has 1 rings (SSSR count). The van der Waals surface area contributed by atoms with E-state index in [1.54, 1.807) is 0 Å².